The van der Waals surface area contributed by atoms with E-state index in [1.807, 2.05) is 0 Å². The van der Waals surface area contributed by atoms with Crippen molar-refractivity contribution in [3.63, 3.8) is 0 Å². The fourth-order valence-corrected chi connectivity index (χ4v) is 15.9. The summed E-state index contributed by atoms with van der Waals surface area (Å²) in [5, 5.41) is 2.55. The first-order chi connectivity index (χ1) is 36.8. The molecule has 0 aliphatic heterocycles. The molecular formula is C73H60N2. The van der Waals surface area contributed by atoms with Crippen LogP contribution in [0.1, 0.15) is 79.8 Å². The lowest BCUT2D eigenvalue weighted by atomic mass is 9.40. The Bertz CT molecular complexity index is 3910. The van der Waals surface area contributed by atoms with E-state index >= 15 is 0 Å². The van der Waals surface area contributed by atoms with Gasteiger partial charge in [0.05, 0.1) is 16.4 Å². The fourth-order valence-electron chi connectivity index (χ4n) is 15.9. The zero-order valence-electron chi connectivity index (χ0n) is 43.0. The molecule has 11 aromatic rings. The van der Waals surface area contributed by atoms with Crippen LogP contribution in [0.3, 0.4) is 0 Å². The Labute approximate surface area is 441 Å². The molecule has 1 heterocycles. The third-order valence-electron chi connectivity index (χ3n) is 18.5. The second kappa shape index (κ2) is 16.7. The summed E-state index contributed by atoms with van der Waals surface area (Å²) in [4.78, 5) is 2.55. The Morgan fingerprint density at radius 1 is 0.387 bits per heavy atom. The zero-order chi connectivity index (χ0) is 50.0. The van der Waals surface area contributed by atoms with E-state index < -0.39 is 5.41 Å². The van der Waals surface area contributed by atoms with Gasteiger partial charge in [-0.25, -0.2) is 0 Å². The average molecular weight is 965 g/mol. The van der Waals surface area contributed by atoms with Crippen LogP contribution in [0.15, 0.2) is 243 Å². The molecule has 362 valence electrons. The first-order valence-corrected chi connectivity index (χ1v) is 27.4. The van der Waals surface area contributed by atoms with Crippen molar-refractivity contribution >= 4 is 38.9 Å². The molecule has 0 saturated heterocycles. The Balaban J connectivity index is 0.927. The third kappa shape index (κ3) is 6.45. The molecule has 10 aromatic carbocycles. The van der Waals surface area contributed by atoms with Gasteiger partial charge in [0.1, 0.15) is 0 Å². The zero-order valence-corrected chi connectivity index (χ0v) is 43.0. The van der Waals surface area contributed by atoms with E-state index in [2.05, 4.69) is 273 Å². The molecule has 4 aliphatic carbocycles. The monoisotopic (exact) mass is 964 g/mol. The Kier molecular flexibility index (Phi) is 9.84. The van der Waals surface area contributed by atoms with Crippen LogP contribution in [-0.2, 0) is 10.8 Å². The van der Waals surface area contributed by atoms with Gasteiger partial charge in [0.2, 0.25) is 0 Å². The van der Waals surface area contributed by atoms with Gasteiger partial charge in [-0.15, -0.1) is 0 Å². The lowest BCUT2D eigenvalue weighted by Crippen LogP contribution is -2.58. The molecular weight excluding hydrogens is 905 g/mol. The van der Waals surface area contributed by atoms with E-state index in [9.17, 15) is 0 Å². The van der Waals surface area contributed by atoms with Crippen molar-refractivity contribution in [1.82, 2.24) is 4.57 Å². The van der Waals surface area contributed by atoms with Gasteiger partial charge in [0, 0.05) is 38.9 Å². The number of fused-ring (bicyclic) bond motifs is 12. The van der Waals surface area contributed by atoms with Crippen LogP contribution >= 0.6 is 0 Å². The fraction of sp³-hybridized carbons (Fsp3) is 0.178. The van der Waals surface area contributed by atoms with Crippen LogP contribution in [0.2, 0.25) is 0 Å². The van der Waals surface area contributed by atoms with E-state index in [1.165, 1.54) is 114 Å². The first kappa shape index (κ1) is 44.3. The molecule has 2 nitrogen and oxygen atoms in total. The lowest BCUT2D eigenvalue weighted by Gasteiger charge is -2.63. The smallest absolute Gasteiger partial charge is 0.0719 e. The summed E-state index contributed by atoms with van der Waals surface area (Å²) >= 11 is 0. The minimum atomic E-state index is -0.452. The molecule has 2 saturated carbocycles. The molecule has 4 atom stereocenters. The molecule has 2 spiro atoms. The van der Waals surface area contributed by atoms with Gasteiger partial charge in [-0.3, -0.25) is 0 Å². The molecule has 2 bridgehead atoms. The minimum Gasteiger partial charge on any atom is -0.310 e. The van der Waals surface area contributed by atoms with Crippen molar-refractivity contribution in [3.8, 4) is 39.1 Å². The maximum atomic E-state index is 2.70. The van der Waals surface area contributed by atoms with Crippen LogP contribution in [-0.4, -0.2) is 4.57 Å². The van der Waals surface area contributed by atoms with Crippen LogP contribution in [0.5, 0.6) is 0 Å². The summed E-state index contributed by atoms with van der Waals surface area (Å²) in [5.41, 5.74) is 23.1. The van der Waals surface area contributed by atoms with E-state index in [-0.39, 0.29) is 10.8 Å². The third-order valence-corrected chi connectivity index (χ3v) is 18.5. The highest BCUT2D eigenvalue weighted by molar-refractivity contribution is 6.09. The number of aromatic nitrogens is 1. The van der Waals surface area contributed by atoms with Gasteiger partial charge in [-0.1, -0.05) is 203 Å². The Morgan fingerprint density at radius 3 is 1.51 bits per heavy atom. The maximum absolute atomic E-state index is 2.70. The molecule has 0 N–H and O–H groups in total. The number of anilines is 3. The van der Waals surface area contributed by atoms with Crippen LogP contribution in [0, 0.1) is 23.2 Å². The largest absolute Gasteiger partial charge is 0.310 e. The molecule has 75 heavy (non-hydrogen) atoms. The molecule has 15 rings (SSSR count). The Morgan fingerprint density at radius 2 is 0.867 bits per heavy atom. The molecule has 2 fully saturated rings. The summed E-state index contributed by atoms with van der Waals surface area (Å²) in [7, 11) is 0. The van der Waals surface area contributed by atoms with E-state index in [0.717, 1.165) is 17.1 Å². The number of nitrogens with zero attached hydrogens (tertiary/aromatic N) is 2. The van der Waals surface area contributed by atoms with Gasteiger partial charge in [-0.05, 0) is 176 Å². The predicted molar refractivity (Wildman–Crippen MR) is 313 cm³/mol. The van der Waals surface area contributed by atoms with Crippen LogP contribution in [0.25, 0.3) is 60.9 Å². The number of benzene rings is 10. The molecule has 1 aromatic heterocycles. The molecule has 2 heteroatoms. The lowest BCUT2D eigenvalue weighted by molar-refractivity contribution is -0.0137. The topological polar surface area (TPSA) is 8.17 Å². The summed E-state index contributed by atoms with van der Waals surface area (Å²) < 4.78 is 2.40. The highest BCUT2D eigenvalue weighted by Gasteiger charge is 2.63. The Hall–Kier alpha value is -8.20. The van der Waals surface area contributed by atoms with Crippen LogP contribution in [0.4, 0.5) is 17.1 Å². The summed E-state index contributed by atoms with van der Waals surface area (Å²) in [6, 6.07) is 92.2. The van der Waals surface area contributed by atoms with Crippen molar-refractivity contribution in [2.75, 3.05) is 4.90 Å². The van der Waals surface area contributed by atoms with Gasteiger partial charge < -0.3 is 9.47 Å². The molecule has 0 amide bonds. The number of para-hydroxylation sites is 2. The van der Waals surface area contributed by atoms with Gasteiger partial charge in [0.25, 0.3) is 0 Å². The summed E-state index contributed by atoms with van der Waals surface area (Å²) in [5.74, 6) is 1.69. The van der Waals surface area contributed by atoms with Crippen LogP contribution < -0.4 is 4.90 Å². The second-order valence-corrected chi connectivity index (χ2v) is 23.2. The normalized spacial score (nSPS) is 20.4. The minimum absolute atomic E-state index is 0.144. The van der Waals surface area contributed by atoms with E-state index in [0.29, 0.717) is 17.8 Å². The van der Waals surface area contributed by atoms with Gasteiger partial charge in [0.15, 0.2) is 0 Å². The molecule has 2 unspecified atom stereocenters. The van der Waals surface area contributed by atoms with Crippen molar-refractivity contribution in [1.29, 1.82) is 0 Å². The highest BCUT2D eigenvalue weighted by Crippen LogP contribution is 2.70. The average Bonchev–Trinajstić information content (AvgIpc) is 3.96. The highest BCUT2D eigenvalue weighted by atomic mass is 15.1. The number of hydrogen-bond donors (Lipinski definition) is 0. The standard InChI is InChI=1S/C73H60N2/c1-48-42-53-46-71(2,3)47-54(43-48)72(53)65-28-13-14-29-66(65)73(63-26-11-7-22-59(63)60-23-8-12-27-64(60)73)67-41-40-58(45-68(67)72)74(57-21-17-20-52(44-57)49-18-5-4-6-19-49)55-36-32-50(33-37-55)51-34-38-56(39-35-51)75-69-30-15-9-24-61(69)62-25-10-16-31-70(62)75/h4-41,44-45,48,53-54H,42-43,46-47H2,1-3H3/t48?,53-,54+,72?. The predicted octanol–water partition coefficient (Wildman–Crippen LogP) is 19.0. The maximum Gasteiger partial charge on any atom is 0.0719 e. The van der Waals surface area contributed by atoms with Gasteiger partial charge >= 0.3 is 0 Å². The first-order valence-electron chi connectivity index (χ1n) is 27.4. The van der Waals surface area contributed by atoms with Crippen molar-refractivity contribution in [3.05, 3.63) is 276 Å². The number of rotatable bonds is 6. The van der Waals surface area contributed by atoms with E-state index in [1.54, 1.807) is 5.56 Å². The SMILES string of the molecule is CC1C[C@@H]2CC(C)(C)C[C@H](C1)C21c2ccccc2C2(c3ccccc3-c3ccccc32)c2ccc(N(c3ccc(-c4ccc(-n5c6ccccc6c6ccccc65)cc4)cc3)c3cccc(-c4ccccc4)c3)cc21. The summed E-state index contributed by atoms with van der Waals surface area (Å²) in [6.07, 6.45) is 4.91. The van der Waals surface area contributed by atoms with E-state index in [4.69, 9.17) is 0 Å². The quantitative estimate of drug-likeness (QED) is 0.161. The summed E-state index contributed by atoms with van der Waals surface area (Å²) in [6.45, 7) is 7.64. The second-order valence-electron chi connectivity index (χ2n) is 23.2. The molecule has 0 radical (unpaired) electrons. The number of hydrogen-bond acceptors (Lipinski definition) is 1. The van der Waals surface area contributed by atoms with Gasteiger partial charge in [-0.2, -0.15) is 0 Å². The van der Waals surface area contributed by atoms with Crippen molar-refractivity contribution in [2.24, 2.45) is 23.2 Å². The van der Waals surface area contributed by atoms with Crippen molar-refractivity contribution in [2.45, 2.75) is 57.3 Å². The molecule has 4 aliphatic rings. The van der Waals surface area contributed by atoms with Crippen molar-refractivity contribution < 1.29 is 0 Å².